The third-order valence-corrected chi connectivity index (χ3v) is 4.29. The number of carboxylic acids is 1. The summed E-state index contributed by atoms with van der Waals surface area (Å²) in [6.07, 6.45) is 0. The molecule has 0 atom stereocenters. The summed E-state index contributed by atoms with van der Waals surface area (Å²) in [5.74, 6) is -0.142. The number of aromatic nitrogens is 1. The van der Waals surface area contributed by atoms with Crippen LogP contribution < -0.4 is 4.74 Å². The normalized spacial score (nSPS) is 10.8. The molecule has 0 saturated heterocycles. The Morgan fingerprint density at radius 2 is 1.62 bits per heavy atom. The molecule has 1 aromatic heterocycles. The van der Waals surface area contributed by atoms with Crippen LogP contribution in [0.25, 0.3) is 22.0 Å². The average Bonchev–Trinajstić information content (AvgIpc) is 3.11. The highest BCUT2D eigenvalue weighted by Crippen LogP contribution is 2.27. The Balaban J connectivity index is 1.52. The van der Waals surface area contributed by atoms with Crippen molar-refractivity contribution >= 4 is 16.9 Å². The van der Waals surface area contributed by atoms with Crippen molar-refractivity contribution in [2.45, 2.75) is 6.61 Å². The topological polar surface area (TPSA) is 62.3 Å². The van der Waals surface area contributed by atoms with Crippen LogP contribution in [-0.4, -0.2) is 16.1 Å². The third-order valence-electron chi connectivity index (χ3n) is 4.29. The maximum Gasteiger partial charge on any atom is 0.352 e. The number of H-pyrrole nitrogens is 1. The maximum atomic E-state index is 11.1. The van der Waals surface area contributed by atoms with Gasteiger partial charge in [-0.1, -0.05) is 48.5 Å². The van der Waals surface area contributed by atoms with Gasteiger partial charge < -0.3 is 14.8 Å². The summed E-state index contributed by atoms with van der Waals surface area (Å²) in [5, 5.41) is 9.97. The Bertz CT molecular complexity index is 1050. The molecule has 0 bridgehead atoms. The van der Waals surface area contributed by atoms with E-state index in [0.29, 0.717) is 6.61 Å². The van der Waals surface area contributed by atoms with E-state index in [2.05, 4.69) is 4.98 Å². The van der Waals surface area contributed by atoms with E-state index in [0.717, 1.165) is 33.3 Å². The summed E-state index contributed by atoms with van der Waals surface area (Å²) in [6.45, 7) is 0.535. The van der Waals surface area contributed by atoms with Crippen molar-refractivity contribution in [3.05, 3.63) is 90.1 Å². The lowest BCUT2D eigenvalue weighted by Crippen LogP contribution is -1.94. The van der Waals surface area contributed by atoms with Gasteiger partial charge in [0.05, 0.1) is 0 Å². The summed E-state index contributed by atoms with van der Waals surface area (Å²) in [7, 11) is 0. The van der Waals surface area contributed by atoms with Crippen LogP contribution in [-0.2, 0) is 6.61 Å². The molecule has 0 aliphatic carbocycles. The zero-order valence-electron chi connectivity index (χ0n) is 14.0. The van der Waals surface area contributed by atoms with E-state index in [1.807, 2.05) is 72.8 Å². The highest BCUT2D eigenvalue weighted by Gasteiger charge is 2.08. The molecule has 128 valence electrons. The number of aromatic carboxylic acids is 1. The lowest BCUT2D eigenvalue weighted by molar-refractivity contribution is 0.0691. The lowest BCUT2D eigenvalue weighted by atomic mass is 10.0. The van der Waals surface area contributed by atoms with Crippen molar-refractivity contribution in [1.82, 2.24) is 4.98 Å². The van der Waals surface area contributed by atoms with E-state index in [1.165, 1.54) is 0 Å². The van der Waals surface area contributed by atoms with E-state index in [1.54, 1.807) is 6.07 Å². The SMILES string of the molecule is O=C(O)c1cc2cc(-c3ccc(OCc4ccccc4)cc3)ccc2[nH]1. The van der Waals surface area contributed by atoms with Crippen LogP contribution in [0.1, 0.15) is 16.1 Å². The number of ether oxygens (including phenoxy) is 1. The summed E-state index contributed by atoms with van der Waals surface area (Å²) in [5.41, 5.74) is 4.22. The molecule has 0 fully saturated rings. The molecule has 0 amide bonds. The summed E-state index contributed by atoms with van der Waals surface area (Å²) in [6, 6.07) is 25.5. The molecule has 1 heterocycles. The molecule has 2 N–H and O–H groups in total. The number of hydrogen-bond acceptors (Lipinski definition) is 2. The second-order valence-corrected chi connectivity index (χ2v) is 6.09. The van der Waals surface area contributed by atoms with E-state index >= 15 is 0 Å². The average molecular weight is 343 g/mol. The third kappa shape index (κ3) is 3.30. The van der Waals surface area contributed by atoms with Crippen molar-refractivity contribution < 1.29 is 14.6 Å². The molecule has 0 unspecified atom stereocenters. The minimum absolute atomic E-state index is 0.196. The van der Waals surface area contributed by atoms with Crippen LogP contribution >= 0.6 is 0 Å². The van der Waals surface area contributed by atoms with Gasteiger partial charge in [-0.05, 0) is 47.0 Å². The van der Waals surface area contributed by atoms with Gasteiger partial charge in [0, 0.05) is 10.9 Å². The summed E-state index contributed by atoms with van der Waals surface area (Å²) < 4.78 is 5.81. The van der Waals surface area contributed by atoms with Crippen molar-refractivity contribution in [3.63, 3.8) is 0 Å². The molecular formula is C22H17NO3. The van der Waals surface area contributed by atoms with Gasteiger partial charge in [0.2, 0.25) is 0 Å². The van der Waals surface area contributed by atoms with Crippen LogP contribution in [0.15, 0.2) is 78.9 Å². The lowest BCUT2D eigenvalue weighted by Gasteiger charge is -2.08. The molecule has 26 heavy (non-hydrogen) atoms. The number of carbonyl (C=O) groups is 1. The standard InChI is InChI=1S/C22H17NO3/c24-22(25)21-13-18-12-17(8-11-20(18)23-21)16-6-9-19(10-7-16)26-14-15-4-2-1-3-5-15/h1-13,23H,14H2,(H,24,25). The first-order valence-electron chi connectivity index (χ1n) is 8.32. The van der Waals surface area contributed by atoms with Gasteiger partial charge in [-0.15, -0.1) is 0 Å². The smallest absolute Gasteiger partial charge is 0.352 e. The van der Waals surface area contributed by atoms with Crippen molar-refractivity contribution in [3.8, 4) is 16.9 Å². The molecule has 3 aromatic carbocycles. The quantitative estimate of drug-likeness (QED) is 0.529. The fourth-order valence-electron chi connectivity index (χ4n) is 2.91. The van der Waals surface area contributed by atoms with E-state index < -0.39 is 5.97 Å². The molecule has 0 saturated carbocycles. The monoisotopic (exact) mass is 343 g/mol. The van der Waals surface area contributed by atoms with Gasteiger partial charge in [-0.3, -0.25) is 0 Å². The number of carboxylic acid groups (broad SMARTS) is 1. The van der Waals surface area contributed by atoms with Gasteiger partial charge in [-0.2, -0.15) is 0 Å². The molecule has 4 nitrogen and oxygen atoms in total. The molecule has 0 radical (unpaired) electrons. The van der Waals surface area contributed by atoms with Crippen LogP contribution in [0.2, 0.25) is 0 Å². The van der Waals surface area contributed by atoms with Crippen LogP contribution in [0, 0.1) is 0 Å². The Morgan fingerprint density at radius 1 is 0.885 bits per heavy atom. The minimum Gasteiger partial charge on any atom is -0.489 e. The van der Waals surface area contributed by atoms with Crippen LogP contribution in [0.4, 0.5) is 0 Å². The number of benzene rings is 3. The Morgan fingerprint density at radius 3 is 2.35 bits per heavy atom. The minimum atomic E-state index is -0.956. The van der Waals surface area contributed by atoms with Crippen LogP contribution in [0.3, 0.4) is 0 Å². The Labute approximate surface area is 150 Å². The molecule has 4 heteroatoms. The zero-order chi connectivity index (χ0) is 17.9. The number of hydrogen-bond donors (Lipinski definition) is 2. The maximum absolute atomic E-state index is 11.1. The highest BCUT2D eigenvalue weighted by atomic mass is 16.5. The Hall–Kier alpha value is -3.53. The van der Waals surface area contributed by atoms with E-state index in [4.69, 9.17) is 9.84 Å². The fraction of sp³-hybridized carbons (Fsp3) is 0.0455. The molecule has 4 aromatic rings. The first-order valence-corrected chi connectivity index (χ1v) is 8.32. The first-order chi connectivity index (χ1) is 12.7. The largest absolute Gasteiger partial charge is 0.489 e. The fourth-order valence-corrected chi connectivity index (χ4v) is 2.91. The number of aromatic amines is 1. The molecule has 0 aliphatic heterocycles. The predicted molar refractivity (Wildman–Crippen MR) is 101 cm³/mol. The zero-order valence-corrected chi connectivity index (χ0v) is 14.0. The van der Waals surface area contributed by atoms with Crippen molar-refractivity contribution in [1.29, 1.82) is 0 Å². The summed E-state index contributed by atoms with van der Waals surface area (Å²) >= 11 is 0. The molecule has 4 rings (SSSR count). The summed E-state index contributed by atoms with van der Waals surface area (Å²) in [4.78, 5) is 14.0. The molecule has 0 aliphatic rings. The van der Waals surface area contributed by atoms with Crippen LogP contribution in [0.5, 0.6) is 5.75 Å². The highest BCUT2D eigenvalue weighted by molar-refractivity contribution is 5.95. The van der Waals surface area contributed by atoms with Crippen molar-refractivity contribution in [2.75, 3.05) is 0 Å². The number of nitrogens with one attached hydrogen (secondary N) is 1. The number of fused-ring (bicyclic) bond motifs is 1. The van der Waals surface area contributed by atoms with Gasteiger partial charge in [0.25, 0.3) is 0 Å². The molecule has 0 spiro atoms. The van der Waals surface area contributed by atoms with Gasteiger partial charge >= 0.3 is 5.97 Å². The van der Waals surface area contributed by atoms with Gasteiger partial charge in [-0.25, -0.2) is 4.79 Å². The number of rotatable bonds is 5. The Kier molecular flexibility index (Phi) is 4.15. The van der Waals surface area contributed by atoms with E-state index in [-0.39, 0.29) is 5.69 Å². The van der Waals surface area contributed by atoms with E-state index in [9.17, 15) is 4.79 Å². The van der Waals surface area contributed by atoms with Crippen molar-refractivity contribution in [2.24, 2.45) is 0 Å². The van der Waals surface area contributed by atoms with Gasteiger partial charge in [0.15, 0.2) is 0 Å². The predicted octanol–water partition coefficient (Wildman–Crippen LogP) is 5.11. The van der Waals surface area contributed by atoms with Gasteiger partial charge in [0.1, 0.15) is 18.1 Å². The molecular weight excluding hydrogens is 326 g/mol. The second-order valence-electron chi connectivity index (χ2n) is 6.09. The first kappa shape index (κ1) is 16.0. The second kappa shape index (κ2) is 6.76.